The molecular weight excluding hydrogens is 224 g/mol. The van der Waals surface area contributed by atoms with Gasteiger partial charge in [0, 0.05) is 5.92 Å². The number of fused-ring (bicyclic) bond motifs is 1. The molecule has 2 aromatic rings. The van der Waals surface area contributed by atoms with E-state index in [1.807, 2.05) is 0 Å². The van der Waals surface area contributed by atoms with Gasteiger partial charge in [0.1, 0.15) is 5.56 Å². The number of carboxylic acid groups (broad SMARTS) is 1. The average Bonchev–Trinajstić information content (AvgIpc) is 3.07. The molecule has 7 nitrogen and oxygen atoms in total. The molecule has 0 amide bonds. The van der Waals surface area contributed by atoms with Crippen LogP contribution < -0.4 is 4.74 Å². The first-order valence-electron chi connectivity index (χ1n) is 5.23. The summed E-state index contributed by atoms with van der Waals surface area (Å²) in [5.41, 5.74) is -0.0211. The van der Waals surface area contributed by atoms with Crippen LogP contribution in [0.25, 0.3) is 5.78 Å². The first kappa shape index (κ1) is 10.0. The number of ether oxygens (including phenoxy) is 1. The zero-order chi connectivity index (χ0) is 12.0. The molecule has 0 saturated heterocycles. The number of carboxylic acids is 1. The first-order valence-corrected chi connectivity index (χ1v) is 5.23. The van der Waals surface area contributed by atoms with Crippen molar-refractivity contribution in [2.45, 2.75) is 18.8 Å². The topological polar surface area (TPSA) is 89.6 Å². The Balaban J connectivity index is 2.18. The molecule has 0 aromatic carbocycles. The lowest BCUT2D eigenvalue weighted by Crippen LogP contribution is -2.06. The Morgan fingerprint density at radius 2 is 2.29 bits per heavy atom. The summed E-state index contributed by atoms with van der Waals surface area (Å²) >= 11 is 0. The number of aromatic carboxylic acids is 1. The maximum Gasteiger partial charge on any atom is 0.342 e. The Bertz CT molecular complexity index is 603. The Hall–Kier alpha value is -2.18. The molecule has 7 heteroatoms. The van der Waals surface area contributed by atoms with Gasteiger partial charge in [0.25, 0.3) is 5.78 Å². The number of nitrogens with zero attached hydrogens (tertiary/aromatic N) is 4. The predicted octanol–water partition coefficient (Wildman–Crippen LogP) is 0.708. The summed E-state index contributed by atoms with van der Waals surface area (Å²) < 4.78 is 6.32. The molecule has 0 unspecified atom stereocenters. The number of rotatable bonds is 3. The van der Waals surface area contributed by atoms with Crippen molar-refractivity contribution >= 4 is 11.7 Å². The van der Waals surface area contributed by atoms with Crippen LogP contribution in [0.15, 0.2) is 6.20 Å². The van der Waals surface area contributed by atoms with E-state index in [-0.39, 0.29) is 11.4 Å². The van der Waals surface area contributed by atoms with Crippen LogP contribution in [0, 0.1) is 0 Å². The van der Waals surface area contributed by atoms with Crippen LogP contribution in [0.3, 0.4) is 0 Å². The third-order valence-electron chi connectivity index (χ3n) is 2.68. The highest BCUT2D eigenvalue weighted by Gasteiger charge is 2.28. The molecule has 2 heterocycles. The van der Waals surface area contributed by atoms with Gasteiger partial charge in [0.2, 0.25) is 5.88 Å². The van der Waals surface area contributed by atoms with E-state index in [1.165, 1.54) is 17.8 Å². The van der Waals surface area contributed by atoms with Gasteiger partial charge in [0.05, 0.1) is 13.3 Å². The molecule has 2 aromatic heterocycles. The number of hydrogen-bond donors (Lipinski definition) is 1. The van der Waals surface area contributed by atoms with Gasteiger partial charge in [-0.15, -0.1) is 5.10 Å². The Labute approximate surface area is 96.1 Å². The molecule has 0 aliphatic heterocycles. The molecule has 3 rings (SSSR count). The number of methoxy groups -OCH3 is 1. The molecular formula is C10H10N4O3. The van der Waals surface area contributed by atoms with Gasteiger partial charge in [0.15, 0.2) is 5.82 Å². The van der Waals surface area contributed by atoms with E-state index in [4.69, 9.17) is 9.84 Å². The molecule has 17 heavy (non-hydrogen) atoms. The second-order valence-electron chi connectivity index (χ2n) is 3.96. The van der Waals surface area contributed by atoms with Crippen LogP contribution in [0.5, 0.6) is 5.88 Å². The van der Waals surface area contributed by atoms with E-state index in [1.54, 1.807) is 0 Å². The Kier molecular flexibility index (Phi) is 2.01. The van der Waals surface area contributed by atoms with Gasteiger partial charge in [-0.25, -0.2) is 9.31 Å². The van der Waals surface area contributed by atoms with Gasteiger partial charge in [-0.1, -0.05) is 0 Å². The van der Waals surface area contributed by atoms with Crippen molar-refractivity contribution in [1.82, 2.24) is 19.6 Å². The van der Waals surface area contributed by atoms with Crippen molar-refractivity contribution in [3.05, 3.63) is 17.6 Å². The largest absolute Gasteiger partial charge is 0.480 e. The van der Waals surface area contributed by atoms with E-state index < -0.39 is 5.97 Å². The molecule has 1 aliphatic rings. The third kappa shape index (κ3) is 1.59. The Morgan fingerprint density at radius 1 is 1.53 bits per heavy atom. The minimum atomic E-state index is -1.10. The van der Waals surface area contributed by atoms with Gasteiger partial charge >= 0.3 is 5.97 Å². The quantitative estimate of drug-likeness (QED) is 0.841. The van der Waals surface area contributed by atoms with Crippen LogP contribution in [0.2, 0.25) is 0 Å². The van der Waals surface area contributed by atoms with E-state index in [2.05, 4.69) is 15.1 Å². The van der Waals surface area contributed by atoms with Gasteiger partial charge in [-0.2, -0.15) is 9.97 Å². The number of carbonyl (C=O) groups is 1. The third-order valence-corrected chi connectivity index (χ3v) is 2.68. The van der Waals surface area contributed by atoms with Gasteiger partial charge in [-0.3, -0.25) is 0 Å². The van der Waals surface area contributed by atoms with Crippen molar-refractivity contribution in [3.63, 3.8) is 0 Å². The first-order chi connectivity index (χ1) is 8.19. The summed E-state index contributed by atoms with van der Waals surface area (Å²) in [6.07, 6.45) is 3.54. The van der Waals surface area contributed by atoms with Crippen LogP contribution in [-0.4, -0.2) is 37.8 Å². The average molecular weight is 234 g/mol. The molecule has 1 fully saturated rings. The fourth-order valence-electron chi connectivity index (χ4n) is 1.64. The Morgan fingerprint density at radius 3 is 2.88 bits per heavy atom. The van der Waals surface area contributed by atoms with Gasteiger partial charge in [-0.05, 0) is 12.8 Å². The lowest BCUT2D eigenvalue weighted by molar-refractivity contribution is 0.0691. The van der Waals surface area contributed by atoms with E-state index in [0.29, 0.717) is 11.7 Å². The zero-order valence-electron chi connectivity index (χ0n) is 9.12. The molecule has 1 saturated carbocycles. The van der Waals surface area contributed by atoms with Crippen molar-refractivity contribution in [1.29, 1.82) is 0 Å². The lowest BCUT2D eigenvalue weighted by Gasteiger charge is -2.02. The highest BCUT2D eigenvalue weighted by Crippen LogP contribution is 2.38. The maximum absolute atomic E-state index is 11.0. The monoisotopic (exact) mass is 234 g/mol. The highest BCUT2D eigenvalue weighted by molar-refractivity contribution is 5.90. The summed E-state index contributed by atoms with van der Waals surface area (Å²) in [6, 6.07) is 0. The standard InChI is InChI=1S/C10H10N4O3/c1-17-8-6(9(15)16)4-14-10(12-8)11-7(13-14)5-2-3-5/h4-5H,2-3H2,1H3,(H,15,16). The number of hydrogen-bond acceptors (Lipinski definition) is 5. The number of aromatic nitrogens is 4. The van der Waals surface area contributed by atoms with Crippen LogP contribution in [-0.2, 0) is 0 Å². The van der Waals surface area contributed by atoms with E-state index in [9.17, 15) is 4.79 Å². The van der Waals surface area contributed by atoms with E-state index >= 15 is 0 Å². The molecule has 1 N–H and O–H groups in total. The summed E-state index contributed by atoms with van der Waals surface area (Å²) in [4.78, 5) is 19.3. The summed E-state index contributed by atoms with van der Waals surface area (Å²) in [5.74, 6) is 0.450. The smallest absolute Gasteiger partial charge is 0.342 e. The van der Waals surface area contributed by atoms with Crippen LogP contribution in [0.1, 0.15) is 34.9 Å². The molecule has 0 atom stereocenters. The van der Waals surface area contributed by atoms with Crippen LogP contribution in [0.4, 0.5) is 0 Å². The summed E-state index contributed by atoms with van der Waals surface area (Å²) in [6.45, 7) is 0. The van der Waals surface area contributed by atoms with Crippen molar-refractivity contribution in [2.24, 2.45) is 0 Å². The van der Waals surface area contributed by atoms with Crippen molar-refractivity contribution in [2.75, 3.05) is 7.11 Å². The fourth-order valence-corrected chi connectivity index (χ4v) is 1.64. The minimum Gasteiger partial charge on any atom is -0.480 e. The molecule has 88 valence electrons. The second kappa shape index (κ2) is 3.41. The van der Waals surface area contributed by atoms with Crippen LogP contribution >= 0.6 is 0 Å². The predicted molar refractivity (Wildman–Crippen MR) is 56.3 cm³/mol. The minimum absolute atomic E-state index is 0.0211. The zero-order valence-corrected chi connectivity index (χ0v) is 9.12. The lowest BCUT2D eigenvalue weighted by atomic mass is 10.3. The van der Waals surface area contributed by atoms with Gasteiger partial charge < -0.3 is 9.84 Å². The maximum atomic E-state index is 11.0. The second-order valence-corrected chi connectivity index (χ2v) is 3.96. The molecule has 0 spiro atoms. The molecule has 0 radical (unpaired) electrons. The van der Waals surface area contributed by atoms with Crippen molar-refractivity contribution < 1.29 is 14.6 Å². The van der Waals surface area contributed by atoms with E-state index in [0.717, 1.165) is 18.7 Å². The normalized spacial score (nSPS) is 15.1. The molecule has 1 aliphatic carbocycles. The summed E-state index contributed by atoms with van der Waals surface area (Å²) in [5, 5.41) is 13.2. The fraction of sp³-hybridized carbons (Fsp3) is 0.400. The molecule has 0 bridgehead atoms. The highest BCUT2D eigenvalue weighted by atomic mass is 16.5. The SMILES string of the molecule is COc1nc2nc(C3CC3)nn2cc1C(=O)O. The van der Waals surface area contributed by atoms with Crippen molar-refractivity contribution in [3.8, 4) is 5.88 Å². The summed E-state index contributed by atoms with van der Waals surface area (Å²) in [7, 11) is 1.38.